The molecule has 3 heteroatoms. The van der Waals surface area contributed by atoms with Crippen molar-refractivity contribution in [3.05, 3.63) is 41.6 Å². The zero-order chi connectivity index (χ0) is 12.8. The Morgan fingerprint density at radius 1 is 1.11 bits per heavy atom. The van der Waals surface area contributed by atoms with Gasteiger partial charge in [-0.3, -0.25) is 4.98 Å². The summed E-state index contributed by atoms with van der Waals surface area (Å²) in [6.07, 6.45) is 0. The van der Waals surface area contributed by atoms with Crippen LogP contribution in [0.25, 0.3) is 10.9 Å². The maximum atomic E-state index is 4.55. The molecule has 1 heterocycles. The molecule has 0 fully saturated rings. The van der Waals surface area contributed by atoms with Crippen LogP contribution >= 0.6 is 0 Å². The molecule has 0 aliphatic heterocycles. The molecule has 96 valence electrons. The molecule has 0 aliphatic carbocycles. The van der Waals surface area contributed by atoms with Crippen LogP contribution in [0.3, 0.4) is 0 Å². The number of hydrogen-bond acceptors (Lipinski definition) is 3. The van der Waals surface area contributed by atoms with Crippen molar-refractivity contribution in [2.45, 2.75) is 20.4 Å². The Bertz CT molecular complexity index is 508. The summed E-state index contributed by atoms with van der Waals surface area (Å²) in [4.78, 5) is 4.55. The number of para-hydroxylation sites is 1. The number of fused-ring (bicyclic) bond motifs is 1. The molecule has 1 aromatic carbocycles. The van der Waals surface area contributed by atoms with Gasteiger partial charge in [-0.25, -0.2) is 0 Å². The lowest BCUT2D eigenvalue weighted by molar-refractivity contribution is 0.626. The van der Waals surface area contributed by atoms with Crippen molar-refractivity contribution in [3.8, 4) is 0 Å². The lowest BCUT2D eigenvalue weighted by atomic mass is 10.1. The summed E-state index contributed by atoms with van der Waals surface area (Å²) in [6, 6.07) is 10.5. The van der Waals surface area contributed by atoms with E-state index in [9.17, 15) is 0 Å². The number of aromatic nitrogens is 1. The highest BCUT2D eigenvalue weighted by atomic mass is 14.9. The highest BCUT2D eigenvalue weighted by Gasteiger charge is 2.02. The van der Waals surface area contributed by atoms with E-state index in [-0.39, 0.29) is 0 Å². The monoisotopic (exact) mass is 243 g/mol. The molecule has 18 heavy (non-hydrogen) atoms. The smallest absolute Gasteiger partial charge is 0.0708 e. The number of likely N-dealkylation sites (N-methyl/N-ethyl adjacent to an activating group) is 1. The van der Waals surface area contributed by atoms with Crippen LogP contribution in [-0.2, 0) is 6.54 Å². The Labute approximate surface area is 109 Å². The van der Waals surface area contributed by atoms with Gasteiger partial charge in [0, 0.05) is 30.7 Å². The van der Waals surface area contributed by atoms with Crippen LogP contribution in [0.2, 0.25) is 0 Å². The largest absolute Gasteiger partial charge is 0.316 e. The van der Waals surface area contributed by atoms with Crippen LogP contribution in [0, 0.1) is 6.92 Å². The summed E-state index contributed by atoms with van der Waals surface area (Å²) in [5.74, 6) is 0. The third-order valence-corrected chi connectivity index (χ3v) is 2.97. The third kappa shape index (κ3) is 3.28. The van der Waals surface area contributed by atoms with Crippen LogP contribution < -0.4 is 10.6 Å². The molecule has 0 spiro atoms. The molecule has 0 radical (unpaired) electrons. The fourth-order valence-corrected chi connectivity index (χ4v) is 2.12. The van der Waals surface area contributed by atoms with Crippen molar-refractivity contribution in [3.63, 3.8) is 0 Å². The first-order valence-corrected chi connectivity index (χ1v) is 6.58. The van der Waals surface area contributed by atoms with Gasteiger partial charge >= 0.3 is 0 Å². The fraction of sp³-hybridized carbons (Fsp3) is 0.400. The van der Waals surface area contributed by atoms with Gasteiger partial charge in [0.1, 0.15) is 0 Å². The zero-order valence-electron chi connectivity index (χ0n) is 11.2. The van der Waals surface area contributed by atoms with Gasteiger partial charge in [-0.2, -0.15) is 0 Å². The van der Waals surface area contributed by atoms with Gasteiger partial charge in [-0.05, 0) is 31.2 Å². The highest BCUT2D eigenvalue weighted by Crippen LogP contribution is 2.17. The van der Waals surface area contributed by atoms with Gasteiger partial charge in [-0.1, -0.05) is 25.1 Å². The number of hydrogen-bond donors (Lipinski definition) is 2. The summed E-state index contributed by atoms with van der Waals surface area (Å²) in [5, 5.41) is 8.02. The topological polar surface area (TPSA) is 37.0 Å². The predicted molar refractivity (Wildman–Crippen MR) is 76.7 cm³/mol. The van der Waals surface area contributed by atoms with Crippen molar-refractivity contribution < 1.29 is 0 Å². The number of nitrogens with zero attached hydrogens (tertiary/aromatic N) is 1. The van der Waals surface area contributed by atoms with E-state index < -0.39 is 0 Å². The summed E-state index contributed by atoms with van der Waals surface area (Å²) in [5.41, 5.74) is 3.49. The summed E-state index contributed by atoms with van der Waals surface area (Å²) in [7, 11) is 0. The Balaban J connectivity index is 2.07. The van der Waals surface area contributed by atoms with Crippen molar-refractivity contribution in [2.75, 3.05) is 19.6 Å². The van der Waals surface area contributed by atoms with Gasteiger partial charge < -0.3 is 10.6 Å². The molecule has 0 saturated heterocycles. The van der Waals surface area contributed by atoms with Crippen LogP contribution in [0.15, 0.2) is 30.3 Å². The first-order valence-electron chi connectivity index (χ1n) is 6.58. The van der Waals surface area contributed by atoms with Crippen LogP contribution in [0.1, 0.15) is 18.2 Å². The highest BCUT2D eigenvalue weighted by molar-refractivity contribution is 5.82. The second-order valence-electron chi connectivity index (χ2n) is 4.47. The van der Waals surface area contributed by atoms with E-state index in [1.54, 1.807) is 0 Å². The number of aryl methyl sites for hydroxylation is 1. The van der Waals surface area contributed by atoms with Crippen LogP contribution in [-0.4, -0.2) is 24.6 Å². The minimum Gasteiger partial charge on any atom is -0.316 e. The molecular weight excluding hydrogens is 222 g/mol. The van der Waals surface area contributed by atoms with E-state index in [0.29, 0.717) is 0 Å². The minimum absolute atomic E-state index is 0.898. The average Bonchev–Trinajstić information content (AvgIpc) is 2.38. The maximum absolute atomic E-state index is 4.55. The van der Waals surface area contributed by atoms with Crippen LogP contribution in [0.4, 0.5) is 0 Å². The summed E-state index contributed by atoms with van der Waals surface area (Å²) >= 11 is 0. The molecular formula is C15H21N3. The molecule has 1 aromatic heterocycles. The quantitative estimate of drug-likeness (QED) is 0.764. The first kappa shape index (κ1) is 13.0. The first-order chi connectivity index (χ1) is 8.81. The number of benzene rings is 1. The molecule has 0 aliphatic rings. The second kappa shape index (κ2) is 6.47. The van der Waals surface area contributed by atoms with E-state index in [4.69, 9.17) is 0 Å². The van der Waals surface area contributed by atoms with E-state index in [2.05, 4.69) is 53.7 Å². The molecule has 2 aromatic rings. The zero-order valence-corrected chi connectivity index (χ0v) is 11.2. The third-order valence-electron chi connectivity index (χ3n) is 2.97. The lowest BCUT2D eigenvalue weighted by Gasteiger charge is -2.09. The Hall–Kier alpha value is -1.45. The standard InChI is InChI=1S/C15H21N3/c1-3-16-8-9-17-11-13-10-12(2)18-15-7-5-4-6-14(13)15/h4-7,10,16-17H,3,8-9,11H2,1-2H3. The van der Waals surface area contributed by atoms with Crippen LogP contribution in [0.5, 0.6) is 0 Å². The molecule has 0 unspecified atom stereocenters. The summed E-state index contributed by atoms with van der Waals surface area (Å²) < 4.78 is 0. The lowest BCUT2D eigenvalue weighted by Crippen LogP contribution is -2.26. The maximum Gasteiger partial charge on any atom is 0.0708 e. The normalized spacial score (nSPS) is 11.0. The molecule has 0 atom stereocenters. The fourth-order valence-electron chi connectivity index (χ4n) is 2.12. The molecule has 0 amide bonds. The number of rotatable bonds is 6. The molecule has 2 N–H and O–H groups in total. The predicted octanol–water partition coefficient (Wildman–Crippen LogP) is 2.24. The van der Waals surface area contributed by atoms with Crippen molar-refractivity contribution in [1.29, 1.82) is 0 Å². The molecule has 0 saturated carbocycles. The summed E-state index contributed by atoms with van der Waals surface area (Å²) in [6.45, 7) is 8.10. The Morgan fingerprint density at radius 3 is 2.72 bits per heavy atom. The molecule has 3 nitrogen and oxygen atoms in total. The van der Waals surface area contributed by atoms with E-state index >= 15 is 0 Å². The van der Waals surface area contributed by atoms with E-state index in [1.807, 2.05) is 6.07 Å². The van der Waals surface area contributed by atoms with Crippen molar-refractivity contribution in [1.82, 2.24) is 15.6 Å². The molecule has 2 rings (SSSR count). The van der Waals surface area contributed by atoms with E-state index in [0.717, 1.165) is 37.4 Å². The van der Waals surface area contributed by atoms with Gasteiger partial charge in [-0.15, -0.1) is 0 Å². The van der Waals surface area contributed by atoms with Crippen molar-refractivity contribution in [2.24, 2.45) is 0 Å². The van der Waals surface area contributed by atoms with Gasteiger partial charge in [0.25, 0.3) is 0 Å². The number of pyridine rings is 1. The van der Waals surface area contributed by atoms with Gasteiger partial charge in [0.2, 0.25) is 0 Å². The SMILES string of the molecule is CCNCCNCc1cc(C)nc2ccccc12. The van der Waals surface area contributed by atoms with Gasteiger partial charge in [0.05, 0.1) is 5.52 Å². The minimum atomic E-state index is 0.898. The number of nitrogens with one attached hydrogen (secondary N) is 2. The average molecular weight is 243 g/mol. The Kier molecular flexibility index (Phi) is 4.67. The van der Waals surface area contributed by atoms with E-state index in [1.165, 1.54) is 10.9 Å². The second-order valence-corrected chi connectivity index (χ2v) is 4.47. The van der Waals surface area contributed by atoms with Gasteiger partial charge in [0.15, 0.2) is 0 Å². The Morgan fingerprint density at radius 2 is 1.89 bits per heavy atom. The molecule has 0 bridgehead atoms. The van der Waals surface area contributed by atoms with Crippen molar-refractivity contribution >= 4 is 10.9 Å².